The number of aromatic nitrogens is 7. The number of nitrogens with one attached hydrogen (secondary N) is 2. The minimum atomic E-state index is -0.0998. The molecule has 0 spiro atoms. The largest absolute Gasteiger partial charge is 0.394 e. The molecule has 0 bridgehead atoms. The zero-order valence-corrected chi connectivity index (χ0v) is 18.7. The van der Waals surface area contributed by atoms with Gasteiger partial charge in [-0.2, -0.15) is 15.1 Å². The molecule has 1 aliphatic carbocycles. The van der Waals surface area contributed by atoms with Gasteiger partial charge < -0.3 is 20.3 Å². The van der Waals surface area contributed by atoms with Crippen LogP contribution in [0.2, 0.25) is 0 Å². The van der Waals surface area contributed by atoms with E-state index in [1.165, 1.54) is 12.8 Å². The van der Waals surface area contributed by atoms with Gasteiger partial charge in [0.15, 0.2) is 22.8 Å². The predicted molar refractivity (Wildman–Crippen MR) is 126 cm³/mol. The molecule has 1 saturated carbocycles. The van der Waals surface area contributed by atoms with Crippen molar-refractivity contribution in [2.24, 2.45) is 0 Å². The molecule has 0 radical (unpaired) electrons. The molecule has 10 nitrogen and oxygen atoms in total. The minimum Gasteiger partial charge on any atom is -0.394 e. The van der Waals surface area contributed by atoms with Crippen molar-refractivity contribution in [3.05, 3.63) is 48.7 Å². The Balaban J connectivity index is 1.41. The van der Waals surface area contributed by atoms with Gasteiger partial charge in [0.1, 0.15) is 0 Å². The summed E-state index contributed by atoms with van der Waals surface area (Å²) in [4.78, 5) is 18.6. The van der Waals surface area contributed by atoms with Crippen molar-refractivity contribution < 1.29 is 5.11 Å². The van der Waals surface area contributed by atoms with Crippen molar-refractivity contribution in [2.75, 3.05) is 17.2 Å². The molecule has 33 heavy (non-hydrogen) atoms. The molecule has 0 aromatic carbocycles. The zero-order valence-electron chi connectivity index (χ0n) is 18.7. The third-order valence-corrected chi connectivity index (χ3v) is 6.19. The maximum absolute atomic E-state index is 9.64. The molecule has 0 aliphatic heterocycles. The summed E-state index contributed by atoms with van der Waals surface area (Å²) in [5.74, 6) is 1.94. The number of hydrogen-bond acceptors (Lipinski definition) is 8. The molecular formula is C23H29N9O. The van der Waals surface area contributed by atoms with Gasteiger partial charge in [-0.05, 0) is 37.0 Å². The van der Waals surface area contributed by atoms with Crippen molar-refractivity contribution in [1.29, 1.82) is 0 Å². The van der Waals surface area contributed by atoms with Crippen LogP contribution in [0.3, 0.4) is 0 Å². The Morgan fingerprint density at radius 2 is 2.06 bits per heavy atom. The van der Waals surface area contributed by atoms with E-state index in [0.29, 0.717) is 24.4 Å². The van der Waals surface area contributed by atoms with E-state index in [-0.39, 0.29) is 12.6 Å². The number of rotatable bonds is 9. The summed E-state index contributed by atoms with van der Waals surface area (Å²) in [6.07, 6.45) is 12.8. The highest BCUT2D eigenvalue weighted by atomic mass is 16.3. The first-order valence-electron chi connectivity index (χ1n) is 11.6. The maximum atomic E-state index is 9.64. The Hall–Kier alpha value is -3.53. The first kappa shape index (κ1) is 21.3. The highest BCUT2D eigenvalue weighted by Crippen LogP contribution is 2.33. The third kappa shape index (κ3) is 4.51. The van der Waals surface area contributed by atoms with Crippen LogP contribution in [0.1, 0.15) is 50.6 Å². The maximum Gasteiger partial charge on any atom is 0.227 e. The Morgan fingerprint density at radius 1 is 1.18 bits per heavy atom. The fourth-order valence-electron chi connectivity index (χ4n) is 4.26. The molecule has 1 unspecified atom stereocenters. The molecule has 4 aromatic rings. The van der Waals surface area contributed by atoms with Gasteiger partial charge in [0.25, 0.3) is 0 Å². The van der Waals surface area contributed by atoms with Crippen LogP contribution in [0.15, 0.2) is 43.1 Å². The van der Waals surface area contributed by atoms with E-state index in [2.05, 4.69) is 30.3 Å². The number of nitrogens with zero attached hydrogens (tertiary/aromatic N) is 7. The van der Waals surface area contributed by atoms with Crippen molar-refractivity contribution in [1.82, 2.24) is 34.3 Å². The number of aliphatic hydroxyl groups excluding tert-OH is 1. The molecule has 0 amide bonds. The van der Waals surface area contributed by atoms with Crippen molar-refractivity contribution >= 4 is 22.9 Å². The molecule has 10 heteroatoms. The Labute approximate surface area is 192 Å². The summed E-state index contributed by atoms with van der Waals surface area (Å²) < 4.78 is 3.91. The van der Waals surface area contributed by atoms with Crippen LogP contribution in [0.5, 0.6) is 0 Å². The Bertz CT molecular complexity index is 1180. The average Bonchev–Trinajstić information content (AvgIpc) is 3.62. The summed E-state index contributed by atoms with van der Waals surface area (Å²) in [7, 11) is 0. The number of imidazole rings is 1. The van der Waals surface area contributed by atoms with Crippen molar-refractivity contribution in [3.63, 3.8) is 0 Å². The topological polar surface area (TPSA) is 119 Å². The van der Waals surface area contributed by atoms with Crippen LogP contribution >= 0.6 is 0 Å². The van der Waals surface area contributed by atoms with E-state index in [0.717, 1.165) is 41.8 Å². The van der Waals surface area contributed by atoms with Crippen LogP contribution in [0.25, 0.3) is 17.0 Å². The fraction of sp³-hybridized carbons (Fsp3) is 0.435. The molecule has 1 fully saturated rings. The number of anilines is 2. The average molecular weight is 448 g/mol. The molecule has 172 valence electrons. The quantitative estimate of drug-likeness (QED) is 0.358. The van der Waals surface area contributed by atoms with E-state index in [1.807, 2.05) is 43.8 Å². The van der Waals surface area contributed by atoms with Gasteiger partial charge in [0, 0.05) is 31.2 Å². The Morgan fingerprint density at radius 3 is 2.76 bits per heavy atom. The van der Waals surface area contributed by atoms with Crippen molar-refractivity contribution in [2.45, 2.75) is 57.7 Å². The van der Waals surface area contributed by atoms with Crippen LogP contribution in [-0.4, -0.2) is 52.0 Å². The van der Waals surface area contributed by atoms with Gasteiger partial charge in [-0.1, -0.05) is 25.8 Å². The minimum absolute atomic E-state index is 0.0246. The van der Waals surface area contributed by atoms with E-state index in [9.17, 15) is 5.11 Å². The molecule has 0 saturated heterocycles. The number of fused-ring (bicyclic) bond motifs is 1. The Kier molecular flexibility index (Phi) is 6.16. The SMILES string of the molecule is CCC(CO)Nc1nc(NCc2ccc(-n3cccn3)nc2)c2ncn(C3CCCC3)c2n1. The van der Waals surface area contributed by atoms with E-state index in [1.54, 1.807) is 10.9 Å². The molecule has 3 N–H and O–H groups in total. The van der Waals surface area contributed by atoms with Gasteiger partial charge in [-0.15, -0.1) is 0 Å². The van der Waals surface area contributed by atoms with Gasteiger partial charge in [-0.25, -0.2) is 14.6 Å². The van der Waals surface area contributed by atoms with Crippen LogP contribution in [0.4, 0.5) is 11.8 Å². The summed E-state index contributed by atoms with van der Waals surface area (Å²) >= 11 is 0. The standard InChI is InChI=1S/C23H29N9O/c1-2-17(14-33)28-23-29-21(20-22(30-23)31(15-26-20)18-6-3-4-7-18)25-13-16-8-9-19(24-12-16)32-11-5-10-27-32/h5,8-12,15,17-18,33H,2-4,6-7,13-14H2,1H3,(H2,25,28,29,30). The number of hydrogen-bond donors (Lipinski definition) is 3. The smallest absolute Gasteiger partial charge is 0.227 e. The molecule has 1 aliphatic rings. The first-order chi connectivity index (χ1) is 16.2. The lowest BCUT2D eigenvalue weighted by Crippen LogP contribution is -2.24. The molecule has 5 rings (SSSR count). The molecular weight excluding hydrogens is 418 g/mol. The molecule has 1 atom stereocenters. The summed E-state index contributed by atoms with van der Waals surface area (Å²) in [5.41, 5.74) is 2.59. The first-order valence-corrected chi connectivity index (χ1v) is 11.6. The lowest BCUT2D eigenvalue weighted by atomic mass is 10.2. The van der Waals surface area contributed by atoms with E-state index >= 15 is 0 Å². The van der Waals surface area contributed by atoms with Crippen molar-refractivity contribution in [3.8, 4) is 5.82 Å². The lowest BCUT2D eigenvalue weighted by molar-refractivity contribution is 0.271. The van der Waals surface area contributed by atoms with Gasteiger partial charge >= 0.3 is 0 Å². The van der Waals surface area contributed by atoms with Crippen LogP contribution in [-0.2, 0) is 6.54 Å². The van der Waals surface area contributed by atoms with Gasteiger partial charge in [0.05, 0.1) is 19.0 Å². The monoisotopic (exact) mass is 447 g/mol. The zero-order chi connectivity index (χ0) is 22.6. The highest BCUT2D eigenvalue weighted by Gasteiger charge is 2.22. The second kappa shape index (κ2) is 9.53. The second-order valence-corrected chi connectivity index (χ2v) is 8.42. The van der Waals surface area contributed by atoms with Crippen LogP contribution in [0, 0.1) is 0 Å². The predicted octanol–water partition coefficient (Wildman–Crippen LogP) is 3.32. The lowest BCUT2D eigenvalue weighted by Gasteiger charge is -2.17. The molecule has 4 aromatic heterocycles. The second-order valence-electron chi connectivity index (χ2n) is 8.42. The van der Waals surface area contributed by atoms with E-state index < -0.39 is 0 Å². The van der Waals surface area contributed by atoms with Gasteiger partial charge in [0.2, 0.25) is 5.95 Å². The summed E-state index contributed by atoms with van der Waals surface area (Å²) in [6.45, 7) is 2.59. The molecule has 4 heterocycles. The fourth-order valence-corrected chi connectivity index (χ4v) is 4.26. The number of aliphatic hydroxyl groups is 1. The van der Waals surface area contributed by atoms with Crippen LogP contribution < -0.4 is 10.6 Å². The number of pyridine rings is 1. The normalized spacial score (nSPS) is 15.2. The third-order valence-electron chi connectivity index (χ3n) is 6.19. The van der Waals surface area contributed by atoms with E-state index in [4.69, 9.17) is 9.97 Å². The van der Waals surface area contributed by atoms with Gasteiger partial charge in [-0.3, -0.25) is 0 Å². The summed E-state index contributed by atoms with van der Waals surface area (Å²) in [6, 6.07) is 6.15. The highest BCUT2D eigenvalue weighted by molar-refractivity contribution is 5.84. The summed E-state index contributed by atoms with van der Waals surface area (Å²) in [5, 5.41) is 20.5.